The maximum atomic E-state index is 11.6. The second-order valence-corrected chi connectivity index (χ2v) is 5.21. The molecule has 1 aliphatic rings. The van der Waals surface area contributed by atoms with Crippen LogP contribution in [0.3, 0.4) is 0 Å². The summed E-state index contributed by atoms with van der Waals surface area (Å²) in [5, 5.41) is 3.25. The van der Waals surface area contributed by atoms with Crippen LogP contribution in [0.2, 0.25) is 0 Å². The largest absolute Gasteiger partial charge is 0.497 e. The third kappa shape index (κ3) is 2.78. The fourth-order valence-corrected chi connectivity index (χ4v) is 2.68. The van der Waals surface area contributed by atoms with Gasteiger partial charge in [0.2, 0.25) is 0 Å². The summed E-state index contributed by atoms with van der Waals surface area (Å²) in [7, 11) is 4.74. The van der Waals surface area contributed by atoms with Crippen LogP contribution in [-0.2, 0) is 4.79 Å². The molecule has 1 unspecified atom stereocenters. The van der Waals surface area contributed by atoms with E-state index in [0.717, 1.165) is 17.5 Å². The van der Waals surface area contributed by atoms with Crippen LogP contribution in [0.4, 0.5) is 5.69 Å². The van der Waals surface area contributed by atoms with E-state index in [1.807, 2.05) is 30.3 Å². The lowest BCUT2D eigenvalue weighted by Crippen LogP contribution is -2.22. The first-order chi connectivity index (χ1) is 11.7. The van der Waals surface area contributed by atoms with E-state index in [1.165, 1.54) is 0 Å². The molecule has 0 radical (unpaired) electrons. The number of amidine groups is 1. The molecular weight excluding hydrogens is 308 g/mol. The summed E-state index contributed by atoms with van der Waals surface area (Å²) in [6.07, 6.45) is 0.800. The first-order valence-corrected chi connectivity index (χ1v) is 7.40. The van der Waals surface area contributed by atoms with E-state index in [2.05, 4.69) is 10.3 Å². The predicted octanol–water partition coefficient (Wildman–Crippen LogP) is 2.82. The molecule has 1 N–H and O–H groups in total. The third-order valence-electron chi connectivity index (χ3n) is 3.86. The van der Waals surface area contributed by atoms with Gasteiger partial charge in [-0.05, 0) is 12.1 Å². The number of nitrogens with one attached hydrogen (secondary N) is 1. The minimum Gasteiger partial charge on any atom is -0.497 e. The van der Waals surface area contributed by atoms with Crippen molar-refractivity contribution in [3.05, 3.63) is 47.5 Å². The quantitative estimate of drug-likeness (QED) is 0.856. The molecule has 1 atom stereocenters. The Morgan fingerprint density at radius 1 is 1.04 bits per heavy atom. The first-order valence-electron chi connectivity index (χ1n) is 7.40. The van der Waals surface area contributed by atoms with Crippen LogP contribution >= 0.6 is 0 Å². The fraction of sp³-hybridized carbons (Fsp3) is 0.222. The summed E-state index contributed by atoms with van der Waals surface area (Å²) in [5.74, 6) is 2.50. The van der Waals surface area contributed by atoms with Crippen molar-refractivity contribution >= 4 is 17.8 Å². The molecule has 0 bridgehead atoms. The Balaban J connectivity index is 2.09. The van der Waals surface area contributed by atoms with E-state index < -0.39 is 6.04 Å². The Morgan fingerprint density at radius 2 is 1.83 bits per heavy atom. The monoisotopic (exact) mass is 326 g/mol. The van der Waals surface area contributed by atoms with Gasteiger partial charge in [0, 0.05) is 23.3 Å². The second kappa shape index (κ2) is 6.62. The number of rotatable bonds is 5. The molecular formula is C18H18N2O4. The molecule has 0 aliphatic carbocycles. The van der Waals surface area contributed by atoms with Gasteiger partial charge in [-0.25, -0.2) is 0 Å². The van der Waals surface area contributed by atoms with Gasteiger partial charge < -0.3 is 24.3 Å². The number of ether oxygens (including phenoxy) is 3. The zero-order valence-electron chi connectivity index (χ0n) is 13.7. The topological polar surface area (TPSA) is 69.2 Å². The third-order valence-corrected chi connectivity index (χ3v) is 3.86. The molecule has 124 valence electrons. The van der Waals surface area contributed by atoms with E-state index in [4.69, 9.17) is 14.2 Å². The number of nitrogens with zero attached hydrogens (tertiary/aromatic N) is 1. The van der Waals surface area contributed by atoms with Crippen molar-refractivity contribution in [3.8, 4) is 17.2 Å². The van der Waals surface area contributed by atoms with Crippen molar-refractivity contribution in [2.45, 2.75) is 6.04 Å². The predicted molar refractivity (Wildman–Crippen MR) is 91.5 cm³/mol. The van der Waals surface area contributed by atoms with Crippen molar-refractivity contribution in [2.24, 2.45) is 4.99 Å². The second-order valence-electron chi connectivity index (χ2n) is 5.21. The molecule has 2 aromatic carbocycles. The van der Waals surface area contributed by atoms with Gasteiger partial charge in [-0.1, -0.05) is 12.1 Å². The van der Waals surface area contributed by atoms with Crippen molar-refractivity contribution in [3.63, 3.8) is 0 Å². The maximum Gasteiger partial charge on any atom is 0.149 e. The molecule has 0 fully saturated rings. The minimum absolute atomic E-state index is 0.558. The highest BCUT2D eigenvalue weighted by Crippen LogP contribution is 2.40. The summed E-state index contributed by atoms with van der Waals surface area (Å²) < 4.78 is 15.9. The van der Waals surface area contributed by atoms with E-state index in [0.29, 0.717) is 28.6 Å². The van der Waals surface area contributed by atoms with Gasteiger partial charge in [0.05, 0.1) is 27.0 Å². The van der Waals surface area contributed by atoms with E-state index in [9.17, 15) is 4.79 Å². The molecule has 0 saturated carbocycles. The number of fused-ring (bicyclic) bond motifs is 1. The number of methoxy groups -OCH3 is 3. The van der Waals surface area contributed by atoms with Crippen LogP contribution in [0.1, 0.15) is 17.2 Å². The lowest BCUT2D eigenvalue weighted by molar-refractivity contribution is -0.108. The van der Waals surface area contributed by atoms with Crippen LogP contribution in [-0.4, -0.2) is 33.5 Å². The zero-order chi connectivity index (χ0) is 17.1. The standard InChI is InChI=1S/C18H18N2O4/c1-22-12-6-4-5-11(7-12)18-19-14-8-13(23-2)9-16(24-3)17(14)15(10-21)20-18/h4-10,15H,1-3H3,(H,19,20). The fourth-order valence-electron chi connectivity index (χ4n) is 2.68. The van der Waals surface area contributed by atoms with Crippen molar-refractivity contribution in [2.75, 3.05) is 26.6 Å². The van der Waals surface area contributed by atoms with Crippen molar-refractivity contribution < 1.29 is 19.0 Å². The minimum atomic E-state index is -0.650. The average molecular weight is 326 g/mol. The number of carbonyl (C=O) groups excluding carboxylic acids is 1. The summed E-state index contributed by atoms with van der Waals surface area (Å²) >= 11 is 0. The van der Waals surface area contributed by atoms with Crippen LogP contribution in [0, 0.1) is 0 Å². The van der Waals surface area contributed by atoms with Crippen molar-refractivity contribution in [1.29, 1.82) is 0 Å². The van der Waals surface area contributed by atoms with Gasteiger partial charge in [-0.3, -0.25) is 4.99 Å². The smallest absolute Gasteiger partial charge is 0.149 e. The Labute approximate surface area is 140 Å². The Morgan fingerprint density at radius 3 is 2.50 bits per heavy atom. The Hall–Kier alpha value is -3.02. The average Bonchev–Trinajstić information content (AvgIpc) is 2.65. The Bertz CT molecular complexity index is 802. The van der Waals surface area contributed by atoms with Gasteiger partial charge in [0.15, 0.2) is 0 Å². The molecule has 0 aromatic heterocycles. The van der Waals surface area contributed by atoms with E-state index in [1.54, 1.807) is 27.4 Å². The van der Waals surface area contributed by atoms with Crippen LogP contribution in [0.15, 0.2) is 41.4 Å². The van der Waals surface area contributed by atoms with Gasteiger partial charge >= 0.3 is 0 Å². The van der Waals surface area contributed by atoms with Crippen molar-refractivity contribution in [1.82, 2.24) is 0 Å². The number of carbonyl (C=O) groups is 1. The zero-order valence-corrected chi connectivity index (χ0v) is 13.7. The molecule has 2 aromatic rings. The number of aldehydes is 1. The summed E-state index contributed by atoms with van der Waals surface area (Å²) in [4.78, 5) is 16.1. The molecule has 1 heterocycles. The molecule has 24 heavy (non-hydrogen) atoms. The van der Waals surface area contributed by atoms with Crippen LogP contribution in [0.5, 0.6) is 17.2 Å². The number of anilines is 1. The van der Waals surface area contributed by atoms with Crippen LogP contribution in [0.25, 0.3) is 0 Å². The number of benzene rings is 2. The van der Waals surface area contributed by atoms with Gasteiger partial charge in [-0.15, -0.1) is 0 Å². The molecule has 0 saturated heterocycles. The highest BCUT2D eigenvalue weighted by atomic mass is 16.5. The summed E-state index contributed by atoms with van der Waals surface area (Å²) in [6.45, 7) is 0. The molecule has 3 rings (SSSR count). The van der Waals surface area contributed by atoms with Gasteiger partial charge in [0.1, 0.15) is 35.4 Å². The first kappa shape index (κ1) is 15.9. The summed E-state index contributed by atoms with van der Waals surface area (Å²) in [6, 6.07) is 10.4. The normalized spacial score (nSPS) is 15.6. The maximum absolute atomic E-state index is 11.6. The number of aliphatic imine (C=N–C) groups is 1. The molecule has 0 spiro atoms. The molecule has 0 amide bonds. The van der Waals surface area contributed by atoms with E-state index in [-0.39, 0.29) is 0 Å². The Kier molecular flexibility index (Phi) is 4.37. The highest BCUT2D eigenvalue weighted by molar-refractivity contribution is 6.11. The van der Waals surface area contributed by atoms with Gasteiger partial charge in [-0.2, -0.15) is 0 Å². The SMILES string of the molecule is COc1cccc(C2=NC(C=O)c3c(cc(OC)cc3OC)N2)c1. The summed E-state index contributed by atoms with van der Waals surface area (Å²) in [5.41, 5.74) is 2.25. The van der Waals surface area contributed by atoms with Crippen LogP contribution < -0.4 is 19.5 Å². The molecule has 6 nitrogen and oxygen atoms in total. The molecule has 6 heteroatoms. The lowest BCUT2D eigenvalue weighted by Gasteiger charge is -2.25. The number of hydrogen-bond donors (Lipinski definition) is 1. The van der Waals surface area contributed by atoms with Gasteiger partial charge in [0.25, 0.3) is 0 Å². The molecule has 1 aliphatic heterocycles. The lowest BCUT2D eigenvalue weighted by atomic mass is 10.0. The van der Waals surface area contributed by atoms with E-state index >= 15 is 0 Å². The highest BCUT2D eigenvalue weighted by Gasteiger charge is 2.26. The number of hydrogen-bond acceptors (Lipinski definition) is 6.